The molecular weight excluding hydrogens is 256 g/mol. The van der Waals surface area contributed by atoms with Gasteiger partial charge in [-0.2, -0.15) is 0 Å². The number of nitrogens with two attached hydrogens (primary N) is 1. The standard InChI is InChI=1S/C15H24N2O3/c1-2-3-10-20-14-6-4-12(11-13(14)16)5-7-15(19)17-8-9-18/h4,6,11,18H,2-3,5,7-10,16H2,1H3,(H,17,19). The maximum atomic E-state index is 11.4. The second-order valence-electron chi connectivity index (χ2n) is 4.65. The number of ether oxygens (including phenoxy) is 1. The number of carbonyl (C=O) groups excluding carboxylic acids is 1. The highest BCUT2D eigenvalue weighted by Gasteiger charge is 2.05. The number of benzene rings is 1. The molecule has 0 heterocycles. The summed E-state index contributed by atoms with van der Waals surface area (Å²) in [6, 6.07) is 5.63. The molecule has 0 fully saturated rings. The van der Waals surface area contributed by atoms with E-state index in [-0.39, 0.29) is 12.5 Å². The van der Waals surface area contributed by atoms with Crippen LogP contribution in [0.3, 0.4) is 0 Å². The minimum absolute atomic E-state index is 0.0392. The van der Waals surface area contributed by atoms with Crippen molar-refractivity contribution in [2.45, 2.75) is 32.6 Å². The lowest BCUT2D eigenvalue weighted by atomic mass is 10.1. The zero-order chi connectivity index (χ0) is 14.8. The number of amides is 1. The number of nitrogens with one attached hydrogen (secondary N) is 1. The molecule has 0 aliphatic rings. The quantitative estimate of drug-likeness (QED) is 0.472. The van der Waals surface area contributed by atoms with Gasteiger partial charge in [0.2, 0.25) is 5.91 Å². The zero-order valence-corrected chi connectivity index (χ0v) is 12.0. The highest BCUT2D eigenvalue weighted by atomic mass is 16.5. The Balaban J connectivity index is 2.44. The van der Waals surface area contributed by atoms with Crippen LogP contribution in [0.25, 0.3) is 0 Å². The van der Waals surface area contributed by atoms with Crippen molar-refractivity contribution >= 4 is 11.6 Å². The fourth-order valence-electron chi connectivity index (χ4n) is 1.75. The van der Waals surface area contributed by atoms with Crippen LogP contribution in [0.15, 0.2) is 18.2 Å². The van der Waals surface area contributed by atoms with Crippen LogP contribution in [0.2, 0.25) is 0 Å². The van der Waals surface area contributed by atoms with Crippen LogP contribution in [0.1, 0.15) is 31.7 Å². The first-order chi connectivity index (χ1) is 9.67. The van der Waals surface area contributed by atoms with Gasteiger partial charge in [-0.25, -0.2) is 0 Å². The monoisotopic (exact) mass is 280 g/mol. The lowest BCUT2D eigenvalue weighted by Crippen LogP contribution is -2.26. The SMILES string of the molecule is CCCCOc1ccc(CCC(=O)NCCO)cc1N. The van der Waals surface area contributed by atoms with Gasteiger partial charge in [0, 0.05) is 13.0 Å². The number of anilines is 1. The predicted molar refractivity (Wildman–Crippen MR) is 79.7 cm³/mol. The second-order valence-corrected chi connectivity index (χ2v) is 4.65. The van der Waals surface area contributed by atoms with Crippen molar-refractivity contribution in [2.24, 2.45) is 0 Å². The number of carbonyl (C=O) groups is 1. The maximum absolute atomic E-state index is 11.4. The van der Waals surface area contributed by atoms with Crippen LogP contribution < -0.4 is 15.8 Å². The van der Waals surface area contributed by atoms with E-state index in [9.17, 15) is 4.79 Å². The lowest BCUT2D eigenvalue weighted by Gasteiger charge is -2.10. The van der Waals surface area contributed by atoms with Gasteiger partial charge in [-0.1, -0.05) is 19.4 Å². The van der Waals surface area contributed by atoms with Crippen molar-refractivity contribution in [1.29, 1.82) is 0 Å². The highest BCUT2D eigenvalue weighted by Crippen LogP contribution is 2.23. The number of aliphatic hydroxyl groups is 1. The molecule has 1 aromatic carbocycles. The largest absolute Gasteiger partial charge is 0.491 e. The number of rotatable bonds is 9. The Morgan fingerprint density at radius 1 is 1.45 bits per heavy atom. The van der Waals surface area contributed by atoms with Crippen LogP contribution >= 0.6 is 0 Å². The third-order valence-electron chi connectivity index (χ3n) is 2.90. The predicted octanol–water partition coefficient (Wildman–Crippen LogP) is 1.49. The van der Waals surface area contributed by atoms with Gasteiger partial charge in [0.25, 0.3) is 0 Å². The maximum Gasteiger partial charge on any atom is 0.220 e. The molecule has 1 amide bonds. The molecule has 5 heteroatoms. The summed E-state index contributed by atoms with van der Waals surface area (Å²) in [7, 11) is 0. The summed E-state index contributed by atoms with van der Waals surface area (Å²) in [5.41, 5.74) is 7.54. The van der Waals surface area contributed by atoms with Crippen molar-refractivity contribution in [3.05, 3.63) is 23.8 Å². The van der Waals surface area contributed by atoms with Crippen molar-refractivity contribution < 1.29 is 14.6 Å². The van der Waals surface area contributed by atoms with Crippen molar-refractivity contribution in [2.75, 3.05) is 25.5 Å². The Bertz CT molecular complexity index is 422. The van der Waals surface area contributed by atoms with Gasteiger partial charge < -0.3 is 20.9 Å². The number of hydrogen-bond acceptors (Lipinski definition) is 4. The molecule has 0 radical (unpaired) electrons. The average Bonchev–Trinajstić information content (AvgIpc) is 2.45. The lowest BCUT2D eigenvalue weighted by molar-refractivity contribution is -0.121. The number of aryl methyl sites for hydroxylation is 1. The summed E-state index contributed by atoms with van der Waals surface area (Å²) in [5.74, 6) is 0.632. The van der Waals surface area contributed by atoms with Gasteiger partial charge in [0.05, 0.1) is 18.9 Å². The summed E-state index contributed by atoms with van der Waals surface area (Å²) in [5, 5.41) is 11.2. The molecule has 0 unspecified atom stereocenters. The molecule has 0 aromatic heterocycles. The molecule has 1 rings (SSSR count). The molecule has 0 saturated carbocycles. The Labute approximate surface area is 120 Å². The molecule has 0 bridgehead atoms. The average molecular weight is 280 g/mol. The molecule has 4 N–H and O–H groups in total. The molecule has 1 aromatic rings. The highest BCUT2D eigenvalue weighted by molar-refractivity contribution is 5.76. The van der Waals surface area contributed by atoms with Crippen LogP contribution in [0.5, 0.6) is 5.75 Å². The van der Waals surface area contributed by atoms with Crippen LogP contribution in [-0.4, -0.2) is 30.8 Å². The van der Waals surface area contributed by atoms with Gasteiger partial charge in [0.1, 0.15) is 5.75 Å². The number of nitrogen functional groups attached to an aromatic ring is 1. The zero-order valence-electron chi connectivity index (χ0n) is 12.0. The van der Waals surface area contributed by atoms with Crippen molar-refractivity contribution in [3.63, 3.8) is 0 Å². The third-order valence-corrected chi connectivity index (χ3v) is 2.90. The first-order valence-corrected chi connectivity index (χ1v) is 7.06. The van der Waals surface area contributed by atoms with Gasteiger partial charge in [0.15, 0.2) is 0 Å². The third kappa shape index (κ3) is 5.93. The normalized spacial score (nSPS) is 10.3. The molecule has 0 atom stereocenters. The van der Waals surface area contributed by atoms with E-state index in [1.54, 1.807) is 0 Å². The fourth-order valence-corrected chi connectivity index (χ4v) is 1.75. The Morgan fingerprint density at radius 3 is 2.90 bits per heavy atom. The molecule has 0 spiro atoms. The van der Waals surface area contributed by atoms with Crippen molar-refractivity contribution in [1.82, 2.24) is 5.32 Å². The summed E-state index contributed by atoms with van der Waals surface area (Å²) in [6.07, 6.45) is 3.10. The summed E-state index contributed by atoms with van der Waals surface area (Å²) < 4.78 is 5.58. The van der Waals surface area contributed by atoms with Crippen molar-refractivity contribution in [3.8, 4) is 5.75 Å². The first kappa shape index (κ1) is 16.3. The first-order valence-electron chi connectivity index (χ1n) is 7.06. The van der Waals surface area contributed by atoms with Crippen LogP contribution in [-0.2, 0) is 11.2 Å². The minimum Gasteiger partial charge on any atom is -0.491 e. The fraction of sp³-hybridized carbons (Fsp3) is 0.533. The summed E-state index contributed by atoms with van der Waals surface area (Å²) in [6.45, 7) is 3.04. The molecule has 5 nitrogen and oxygen atoms in total. The topological polar surface area (TPSA) is 84.6 Å². The molecule has 0 saturated heterocycles. The number of aliphatic hydroxyl groups excluding tert-OH is 1. The van der Waals surface area contributed by atoms with E-state index in [4.69, 9.17) is 15.6 Å². The Kier molecular flexibility index (Phi) is 7.50. The molecular formula is C15H24N2O3. The summed E-state index contributed by atoms with van der Waals surface area (Å²) in [4.78, 5) is 11.4. The number of hydrogen-bond donors (Lipinski definition) is 3. The van der Waals surface area contributed by atoms with E-state index in [0.29, 0.717) is 37.4 Å². The Hall–Kier alpha value is -1.75. The van der Waals surface area contributed by atoms with Crippen LogP contribution in [0, 0.1) is 0 Å². The number of unbranched alkanes of at least 4 members (excludes halogenated alkanes) is 1. The van der Waals surface area contributed by atoms with E-state index in [2.05, 4.69) is 12.2 Å². The van der Waals surface area contributed by atoms with E-state index >= 15 is 0 Å². The van der Waals surface area contributed by atoms with Gasteiger partial charge in [-0.15, -0.1) is 0 Å². The van der Waals surface area contributed by atoms with Gasteiger partial charge in [-0.05, 0) is 30.5 Å². The van der Waals surface area contributed by atoms with E-state index in [0.717, 1.165) is 18.4 Å². The van der Waals surface area contributed by atoms with Gasteiger partial charge in [-0.3, -0.25) is 4.79 Å². The minimum atomic E-state index is -0.0686. The second kappa shape index (κ2) is 9.20. The molecule has 0 aliphatic heterocycles. The van der Waals surface area contributed by atoms with E-state index < -0.39 is 0 Å². The van der Waals surface area contributed by atoms with E-state index in [1.807, 2.05) is 18.2 Å². The van der Waals surface area contributed by atoms with Crippen LogP contribution in [0.4, 0.5) is 5.69 Å². The molecule has 0 aliphatic carbocycles. The Morgan fingerprint density at radius 2 is 2.25 bits per heavy atom. The smallest absolute Gasteiger partial charge is 0.220 e. The van der Waals surface area contributed by atoms with E-state index in [1.165, 1.54) is 0 Å². The van der Waals surface area contributed by atoms with Gasteiger partial charge >= 0.3 is 0 Å². The summed E-state index contributed by atoms with van der Waals surface area (Å²) >= 11 is 0. The molecule has 20 heavy (non-hydrogen) atoms. The molecule has 112 valence electrons.